The third-order valence-corrected chi connectivity index (χ3v) is 5.28. The van der Waals surface area contributed by atoms with Crippen LogP contribution in [0.5, 0.6) is 0 Å². The molecule has 0 unspecified atom stereocenters. The number of hydrogen-bond donors (Lipinski definition) is 1. The quantitative estimate of drug-likeness (QED) is 0.709. The van der Waals surface area contributed by atoms with E-state index in [0.717, 1.165) is 29.6 Å². The SMILES string of the molecule is CC(C)(C)OC(=O)N1CCC(c2cccc(-c3ccc4c(N)ncnn34)c2)CC1. The van der Waals surface area contributed by atoms with Gasteiger partial charge in [-0.3, -0.25) is 0 Å². The molecule has 0 spiro atoms. The smallest absolute Gasteiger partial charge is 0.410 e. The molecule has 7 heteroatoms. The molecule has 3 aromatic rings. The van der Waals surface area contributed by atoms with Crippen LogP contribution in [0.25, 0.3) is 16.8 Å². The van der Waals surface area contributed by atoms with Crippen LogP contribution in [0.4, 0.5) is 10.6 Å². The average molecular weight is 393 g/mol. The molecular weight excluding hydrogens is 366 g/mol. The van der Waals surface area contributed by atoms with E-state index in [0.29, 0.717) is 24.8 Å². The van der Waals surface area contributed by atoms with Crippen molar-refractivity contribution in [2.45, 2.75) is 45.1 Å². The molecule has 1 amide bonds. The number of carbonyl (C=O) groups excluding carboxylic acids is 1. The number of piperidine rings is 1. The average Bonchev–Trinajstić information content (AvgIpc) is 3.12. The third kappa shape index (κ3) is 4.04. The van der Waals surface area contributed by atoms with Crippen molar-refractivity contribution < 1.29 is 9.53 Å². The largest absolute Gasteiger partial charge is 0.444 e. The summed E-state index contributed by atoms with van der Waals surface area (Å²) in [6.45, 7) is 7.11. The summed E-state index contributed by atoms with van der Waals surface area (Å²) in [5.41, 5.74) is 9.66. The molecule has 3 heterocycles. The molecule has 0 aliphatic carbocycles. The Balaban J connectivity index is 1.50. The van der Waals surface area contributed by atoms with E-state index in [1.54, 1.807) is 0 Å². The first-order chi connectivity index (χ1) is 13.8. The van der Waals surface area contributed by atoms with Gasteiger partial charge in [0.05, 0.1) is 5.69 Å². The zero-order valence-electron chi connectivity index (χ0n) is 17.1. The molecule has 29 heavy (non-hydrogen) atoms. The normalized spacial score (nSPS) is 15.6. The summed E-state index contributed by atoms with van der Waals surface area (Å²) < 4.78 is 7.32. The minimum absolute atomic E-state index is 0.221. The monoisotopic (exact) mass is 393 g/mol. The molecule has 1 fully saturated rings. The number of benzene rings is 1. The topological polar surface area (TPSA) is 85.8 Å². The Kier molecular flexibility index (Phi) is 4.90. The number of amides is 1. The van der Waals surface area contributed by atoms with E-state index in [-0.39, 0.29) is 6.09 Å². The molecule has 152 valence electrons. The van der Waals surface area contributed by atoms with Gasteiger partial charge in [0.1, 0.15) is 17.4 Å². The highest BCUT2D eigenvalue weighted by Crippen LogP contribution is 2.32. The predicted molar refractivity (Wildman–Crippen MR) is 113 cm³/mol. The fraction of sp³-hybridized carbons (Fsp3) is 0.409. The highest BCUT2D eigenvalue weighted by atomic mass is 16.6. The van der Waals surface area contributed by atoms with Gasteiger partial charge in [0.2, 0.25) is 0 Å². The van der Waals surface area contributed by atoms with E-state index in [4.69, 9.17) is 10.5 Å². The van der Waals surface area contributed by atoms with Crippen LogP contribution in [0.1, 0.15) is 45.1 Å². The van der Waals surface area contributed by atoms with Crippen molar-refractivity contribution in [3.05, 3.63) is 48.3 Å². The number of rotatable bonds is 2. The number of likely N-dealkylation sites (tertiary alicyclic amines) is 1. The number of nitrogen functional groups attached to an aromatic ring is 1. The van der Waals surface area contributed by atoms with Crippen molar-refractivity contribution in [3.8, 4) is 11.3 Å². The van der Waals surface area contributed by atoms with E-state index < -0.39 is 5.60 Å². The Bertz CT molecular complexity index is 1030. The molecule has 7 nitrogen and oxygen atoms in total. The lowest BCUT2D eigenvalue weighted by atomic mass is 9.88. The van der Waals surface area contributed by atoms with E-state index in [1.807, 2.05) is 42.3 Å². The van der Waals surface area contributed by atoms with Gasteiger partial charge in [-0.25, -0.2) is 14.3 Å². The van der Waals surface area contributed by atoms with Gasteiger partial charge in [-0.15, -0.1) is 0 Å². The summed E-state index contributed by atoms with van der Waals surface area (Å²) in [6, 6.07) is 12.5. The van der Waals surface area contributed by atoms with Gasteiger partial charge < -0.3 is 15.4 Å². The van der Waals surface area contributed by atoms with E-state index >= 15 is 0 Å². The highest BCUT2D eigenvalue weighted by molar-refractivity contribution is 5.73. The maximum absolute atomic E-state index is 12.3. The molecular formula is C22H27N5O2. The van der Waals surface area contributed by atoms with Crippen LogP contribution in [0.2, 0.25) is 0 Å². The second kappa shape index (κ2) is 7.39. The van der Waals surface area contributed by atoms with Crippen LogP contribution in [0, 0.1) is 0 Å². The summed E-state index contributed by atoms with van der Waals surface area (Å²) in [5, 5.41) is 4.35. The first kappa shape index (κ1) is 19.2. The zero-order chi connectivity index (χ0) is 20.6. The number of ether oxygens (including phenoxy) is 1. The molecule has 1 aliphatic heterocycles. The number of aromatic nitrogens is 3. The van der Waals surface area contributed by atoms with Crippen molar-refractivity contribution in [3.63, 3.8) is 0 Å². The molecule has 1 aliphatic rings. The molecule has 0 radical (unpaired) electrons. The Morgan fingerprint density at radius 1 is 1.17 bits per heavy atom. The van der Waals surface area contributed by atoms with Crippen LogP contribution in [0.15, 0.2) is 42.7 Å². The Labute approximate surface area is 170 Å². The van der Waals surface area contributed by atoms with Gasteiger partial charge in [-0.2, -0.15) is 5.10 Å². The van der Waals surface area contributed by atoms with Crippen LogP contribution < -0.4 is 5.73 Å². The summed E-state index contributed by atoms with van der Waals surface area (Å²) >= 11 is 0. The van der Waals surface area contributed by atoms with Gasteiger partial charge in [0, 0.05) is 18.7 Å². The number of nitrogens with zero attached hydrogens (tertiary/aromatic N) is 4. The van der Waals surface area contributed by atoms with Crippen molar-refractivity contribution in [2.24, 2.45) is 0 Å². The maximum atomic E-state index is 12.3. The Hall–Kier alpha value is -3.09. The van der Waals surface area contributed by atoms with Crippen molar-refractivity contribution in [1.82, 2.24) is 19.5 Å². The molecule has 0 atom stereocenters. The second-order valence-electron chi connectivity index (χ2n) is 8.53. The van der Waals surface area contributed by atoms with Gasteiger partial charge in [0.15, 0.2) is 5.82 Å². The summed E-state index contributed by atoms with van der Waals surface area (Å²) in [7, 11) is 0. The van der Waals surface area contributed by atoms with Gasteiger partial charge >= 0.3 is 6.09 Å². The molecule has 4 rings (SSSR count). The number of carbonyl (C=O) groups is 1. The number of fused-ring (bicyclic) bond motifs is 1. The molecule has 2 N–H and O–H groups in total. The van der Waals surface area contributed by atoms with Crippen LogP contribution >= 0.6 is 0 Å². The molecule has 2 aromatic heterocycles. The number of anilines is 1. The van der Waals surface area contributed by atoms with Crippen molar-refractivity contribution in [1.29, 1.82) is 0 Å². The minimum atomic E-state index is -0.463. The van der Waals surface area contributed by atoms with Gasteiger partial charge in [-0.05, 0) is 63.3 Å². The zero-order valence-corrected chi connectivity index (χ0v) is 17.1. The Morgan fingerprint density at radius 2 is 1.93 bits per heavy atom. The fourth-order valence-corrected chi connectivity index (χ4v) is 3.85. The van der Waals surface area contributed by atoms with Crippen LogP contribution in [0.3, 0.4) is 0 Å². The predicted octanol–water partition coefficient (Wildman–Crippen LogP) is 4.09. The standard InChI is InChI=1S/C22H27N5O2/c1-22(2,3)29-21(28)26-11-9-15(10-12-26)16-5-4-6-17(13-16)18-7-8-19-20(23)24-14-25-27(18)19/h4-8,13-15H,9-12H2,1-3H3,(H2,23,24,25). The lowest BCUT2D eigenvalue weighted by Gasteiger charge is -2.33. The van der Waals surface area contributed by atoms with Crippen LogP contribution in [-0.4, -0.2) is 44.3 Å². The summed E-state index contributed by atoms with van der Waals surface area (Å²) in [5.74, 6) is 0.886. The van der Waals surface area contributed by atoms with Crippen LogP contribution in [-0.2, 0) is 4.74 Å². The number of nitrogens with two attached hydrogens (primary N) is 1. The van der Waals surface area contributed by atoms with E-state index in [2.05, 4.69) is 34.3 Å². The highest BCUT2D eigenvalue weighted by Gasteiger charge is 2.27. The lowest BCUT2D eigenvalue weighted by molar-refractivity contribution is 0.0205. The van der Waals surface area contributed by atoms with Crippen molar-refractivity contribution >= 4 is 17.4 Å². The third-order valence-electron chi connectivity index (χ3n) is 5.28. The maximum Gasteiger partial charge on any atom is 0.410 e. The molecule has 1 aromatic carbocycles. The lowest BCUT2D eigenvalue weighted by Crippen LogP contribution is -2.41. The van der Waals surface area contributed by atoms with E-state index in [9.17, 15) is 4.79 Å². The first-order valence-corrected chi connectivity index (χ1v) is 9.98. The van der Waals surface area contributed by atoms with E-state index in [1.165, 1.54) is 11.9 Å². The van der Waals surface area contributed by atoms with Gasteiger partial charge in [-0.1, -0.05) is 18.2 Å². The second-order valence-corrected chi connectivity index (χ2v) is 8.53. The van der Waals surface area contributed by atoms with Gasteiger partial charge in [0.25, 0.3) is 0 Å². The summed E-state index contributed by atoms with van der Waals surface area (Å²) in [4.78, 5) is 18.2. The van der Waals surface area contributed by atoms with Crippen molar-refractivity contribution in [2.75, 3.05) is 18.8 Å². The summed E-state index contributed by atoms with van der Waals surface area (Å²) in [6.07, 6.45) is 3.10. The minimum Gasteiger partial charge on any atom is -0.444 e. The molecule has 0 saturated carbocycles. The Morgan fingerprint density at radius 3 is 2.66 bits per heavy atom. The first-order valence-electron chi connectivity index (χ1n) is 9.98. The molecule has 0 bridgehead atoms. The number of hydrogen-bond acceptors (Lipinski definition) is 5. The fourth-order valence-electron chi connectivity index (χ4n) is 3.85. The molecule has 1 saturated heterocycles.